The average Bonchev–Trinajstić information content (AvgIpc) is 2.86. The quantitative estimate of drug-likeness (QED) is 0.925. The SMILES string of the molecule is COCC1CCN(c2ccc(C(F)(F)F)cc2CN)C1. The molecule has 6 heteroatoms. The molecule has 1 heterocycles. The van der Waals surface area contributed by atoms with Gasteiger partial charge in [0.1, 0.15) is 0 Å². The van der Waals surface area contributed by atoms with Crippen LogP contribution in [0.3, 0.4) is 0 Å². The monoisotopic (exact) mass is 288 g/mol. The van der Waals surface area contributed by atoms with Crippen LogP contribution in [0.1, 0.15) is 17.5 Å². The summed E-state index contributed by atoms with van der Waals surface area (Å²) in [4.78, 5) is 2.09. The van der Waals surface area contributed by atoms with Gasteiger partial charge in [0.15, 0.2) is 0 Å². The number of methoxy groups -OCH3 is 1. The zero-order valence-corrected chi connectivity index (χ0v) is 11.4. The summed E-state index contributed by atoms with van der Waals surface area (Å²) in [7, 11) is 1.66. The van der Waals surface area contributed by atoms with E-state index < -0.39 is 11.7 Å². The second kappa shape index (κ2) is 6.01. The first kappa shape index (κ1) is 15.1. The first-order chi connectivity index (χ1) is 9.45. The Kier molecular flexibility index (Phi) is 4.55. The number of hydrogen-bond donors (Lipinski definition) is 1. The highest BCUT2D eigenvalue weighted by molar-refractivity contribution is 5.56. The minimum atomic E-state index is -4.33. The summed E-state index contributed by atoms with van der Waals surface area (Å²) in [5, 5.41) is 0. The van der Waals surface area contributed by atoms with Gasteiger partial charge in [0.05, 0.1) is 12.2 Å². The Morgan fingerprint density at radius 3 is 2.75 bits per heavy atom. The summed E-state index contributed by atoms with van der Waals surface area (Å²) in [6.07, 6.45) is -3.34. The van der Waals surface area contributed by atoms with Crippen molar-refractivity contribution in [2.24, 2.45) is 11.7 Å². The molecule has 1 aromatic carbocycles. The van der Waals surface area contributed by atoms with Gasteiger partial charge in [0.25, 0.3) is 0 Å². The van der Waals surface area contributed by atoms with E-state index in [2.05, 4.69) is 4.90 Å². The molecule has 2 rings (SSSR count). The van der Waals surface area contributed by atoms with E-state index in [1.54, 1.807) is 7.11 Å². The summed E-state index contributed by atoms with van der Waals surface area (Å²) < 4.78 is 43.2. The highest BCUT2D eigenvalue weighted by atomic mass is 19.4. The fourth-order valence-corrected chi connectivity index (χ4v) is 2.66. The number of halogens is 3. The zero-order valence-electron chi connectivity index (χ0n) is 11.4. The van der Waals surface area contributed by atoms with Crippen LogP contribution in [0.5, 0.6) is 0 Å². The predicted octanol–water partition coefficient (Wildman–Crippen LogP) is 2.64. The van der Waals surface area contributed by atoms with Crippen molar-refractivity contribution in [1.29, 1.82) is 0 Å². The summed E-state index contributed by atoms with van der Waals surface area (Å²) in [5.41, 5.74) is 6.31. The van der Waals surface area contributed by atoms with Crippen LogP contribution in [0.15, 0.2) is 18.2 Å². The summed E-state index contributed by atoms with van der Waals surface area (Å²) in [5.74, 6) is 0.424. The fraction of sp³-hybridized carbons (Fsp3) is 0.571. The Hall–Kier alpha value is -1.27. The maximum Gasteiger partial charge on any atom is 0.416 e. The molecule has 1 unspecified atom stereocenters. The van der Waals surface area contributed by atoms with Crippen molar-refractivity contribution in [3.8, 4) is 0 Å². The van der Waals surface area contributed by atoms with Gasteiger partial charge >= 0.3 is 6.18 Å². The van der Waals surface area contributed by atoms with E-state index in [1.807, 2.05) is 0 Å². The number of alkyl halides is 3. The van der Waals surface area contributed by atoms with E-state index in [1.165, 1.54) is 6.07 Å². The Morgan fingerprint density at radius 1 is 1.40 bits per heavy atom. The van der Waals surface area contributed by atoms with Crippen LogP contribution in [0.25, 0.3) is 0 Å². The van der Waals surface area contributed by atoms with Crippen LogP contribution >= 0.6 is 0 Å². The minimum Gasteiger partial charge on any atom is -0.384 e. The predicted molar refractivity (Wildman–Crippen MR) is 71.5 cm³/mol. The average molecular weight is 288 g/mol. The number of nitrogens with zero attached hydrogens (tertiary/aromatic N) is 1. The maximum atomic E-state index is 12.7. The van der Waals surface area contributed by atoms with Gasteiger partial charge in [-0.05, 0) is 30.2 Å². The summed E-state index contributed by atoms with van der Waals surface area (Å²) in [6, 6.07) is 3.80. The van der Waals surface area contributed by atoms with Crippen LogP contribution in [-0.4, -0.2) is 26.8 Å². The van der Waals surface area contributed by atoms with Gasteiger partial charge < -0.3 is 15.4 Å². The van der Waals surface area contributed by atoms with Crippen molar-refractivity contribution < 1.29 is 17.9 Å². The van der Waals surface area contributed by atoms with Crippen LogP contribution in [0.2, 0.25) is 0 Å². The molecule has 0 spiro atoms. The molecule has 1 saturated heterocycles. The first-order valence-corrected chi connectivity index (χ1v) is 6.59. The molecule has 2 N–H and O–H groups in total. The maximum absolute atomic E-state index is 12.7. The third-order valence-electron chi connectivity index (χ3n) is 3.66. The van der Waals surface area contributed by atoms with Crippen LogP contribution < -0.4 is 10.6 Å². The van der Waals surface area contributed by atoms with Crippen molar-refractivity contribution >= 4 is 5.69 Å². The van der Waals surface area contributed by atoms with E-state index in [4.69, 9.17) is 10.5 Å². The number of hydrogen-bond acceptors (Lipinski definition) is 3. The second-order valence-corrected chi connectivity index (χ2v) is 5.10. The smallest absolute Gasteiger partial charge is 0.384 e. The normalized spacial score (nSPS) is 19.6. The molecule has 0 radical (unpaired) electrons. The zero-order chi connectivity index (χ0) is 14.8. The molecule has 1 aromatic rings. The van der Waals surface area contributed by atoms with Crippen molar-refractivity contribution in [3.63, 3.8) is 0 Å². The molecule has 0 saturated carbocycles. The van der Waals surface area contributed by atoms with Crippen LogP contribution in [0, 0.1) is 5.92 Å². The molecule has 0 aliphatic carbocycles. The lowest BCUT2D eigenvalue weighted by atomic mass is 10.1. The van der Waals surface area contributed by atoms with Gasteiger partial charge in [0, 0.05) is 38.3 Å². The van der Waals surface area contributed by atoms with E-state index in [0.717, 1.165) is 37.3 Å². The second-order valence-electron chi connectivity index (χ2n) is 5.10. The van der Waals surface area contributed by atoms with Gasteiger partial charge in [0.2, 0.25) is 0 Å². The van der Waals surface area contributed by atoms with Gasteiger partial charge in [-0.15, -0.1) is 0 Å². The summed E-state index contributed by atoms with van der Waals surface area (Å²) in [6.45, 7) is 2.40. The van der Waals surface area contributed by atoms with Crippen LogP contribution in [-0.2, 0) is 17.5 Å². The molecule has 0 aromatic heterocycles. The Balaban J connectivity index is 2.20. The van der Waals surface area contributed by atoms with E-state index in [0.29, 0.717) is 18.1 Å². The number of benzene rings is 1. The standard InChI is InChI=1S/C14H19F3N2O/c1-20-9-10-4-5-19(8-10)13-3-2-12(14(15,16)17)6-11(13)7-18/h2-3,6,10H,4-5,7-9,18H2,1H3. The van der Waals surface area contributed by atoms with Gasteiger partial charge in [-0.25, -0.2) is 0 Å². The van der Waals surface area contributed by atoms with Gasteiger partial charge in [-0.2, -0.15) is 13.2 Å². The molecule has 112 valence electrons. The molecule has 0 amide bonds. The van der Waals surface area contributed by atoms with Crippen molar-refractivity contribution in [2.45, 2.75) is 19.1 Å². The minimum absolute atomic E-state index is 0.102. The number of rotatable bonds is 4. The number of anilines is 1. The third kappa shape index (κ3) is 3.24. The molecule has 1 aliphatic rings. The topological polar surface area (TPSA) is 38.5 Å². The van der Waals surface area contributed by atoms with Crippen LogP contribution in [0.4, 0.5) is 18.9 Å². The third-order valence-corrected chi connectivity index (χ3v) is 3.66. The lowest BCUT2D eigenvalue weighted by Crippen LogP contribution is -2.23. The Bertz CT molecular complexity index is 462. The number of nitrogens with two attached hydrogens (primary N) is 1. The van der Waals surface area contributed by atoms with Crippen molar-refractivity contribution in [1.82, 2.24) is 0 Å². The van der Waals surface area contributed by atoms with Gasteiger partial charge in [-0.3, -0.25) is 0 Å². The first-order valence-electron chi connectivity index (χ1n) is 6.59. The Labute approximate surface area is 116 Å². The molecule has 3 nitrogen and oxygen atoms in total. The lowest BCUT2D eigenvalue weighted by Gasteiger charge is -2.23. The molecule has 20 heavy (non-hydrogen) atoms. The lowest BCUT2D eigenvalue weighted by molar-refractivity contribution is -0.137. The fourth-order valence-electron chi connectivity index (χ4n) is 2.66. The summed E-state index contributed by atoms with van der Waals surface area (Å²) >= 11 is 0. The highest BCUT2D eigenvalue weighted by Gasteiger charge is 2.32. The molecule has 1 aliphatic heterocycles. The molecule has 0 bridgehead atoms. The van der Waals surface area contributed by atoms with Crippen molar-refractivity contribution in [3.05, 3.63) is 29.3 Å². The van der Waals surface area contributed by atoms with E-state index in [9.17, 15) is 13.2 Å². The largest absolute Gasteiger partial charge is 0.416 e. The molecule has 1 fully saturated rings. The molecule has 1 atom stereocenters. The Morgan fingerprint density at radius 2 is 2.15 bits per heavy atom. The number of ether oxygens (including phenoxy) is 1. The van der Waals surface area contributed by atoms with E-state index >= 15 is 0 Å². The van der Waals surface area contributed by atoms with E-state index in [-0.39, 0.29) is 6.54 Å². The van der Waals surface area contributed by atoms with Crippen molar-refractivity contribution in [2.75, 3.05) is 31.7 Å². The molecular formula is C14H19F3N2O. The molecular weight excluding hydrogens is 269 g/mol. The van der Waals surface area contributed by atoms with Gasteiger partial charge in [-0.1, -0.05) is 0 Å². The highest BCUT2D eigenvalue weighted by Crippen LogP contribution is 2.34.